The van der Waals surface area contributed by atoms with Crippen molar-refractivity contribution in [3.63, 3.8) is 0 Å². The molecule has 0 aliphatic rings. The molecule has 34 heavy (non-hydrogen) atoms. The van der Waals surface area contributed by atoms with Gasteiger partial charge in [-0.05, 0) is 75.0 Å². The summed E-state index contributed by atoms with van der Waals surface area (Å²) in [6.07, 6.45) is 2.90. The van der Waals surface area contributed by atoms with Crippen molar-refractivity contribution >= 4 is 51.2 Å². The Labute approximate surface area is 213 Å². The summed E-state index contributed by atoms with van der Waals surface area (Å²) in [6.45, 7) is 6.10. The lowest BCUT2D eigenvalue weighted by Crippen LogP contribution is -2.49. The number of thiocarbonyl (C=S) groups is 1. The van der Waals surface area contributed by atoms with Crippen LogP contribution >= 0.6 is 28.1 Å². The Bertz CT molecular complexity index is 1080. The average molecular weight is 550 g/mol. The number of benzene rings is 2. The smallest absolute Gasteiger partial charge is 0.276 e. The van der Waals surface area contributed by atoms with Crippen LogP contribution < -0.4 is 30.4 Å². The van der Waals surface area contributed by atoms with Gasteiger partial charge in [-0.15, -0.1) is 0 Å². The second-order valence-electron chi connectivity index (χ2n) is 8.12. The lowest BCUT2D eigenvalue weighted by atomic mass is 9.87. The molecule has 8 nitrogen and oxygen atoms in total. The maximum atomic E-state index is 12.1. The molecule has 0 fully saturated rings. The molecule has 2 aromatic carbocycles. The summed E-state index contributed by atoms with van der Waals surface area (Å²) in [5, 5.41) is 2.37. The third-order valence-electron chi connectivity index (χ3n) is 4.54. The van der Waals surface area contributed by atoms with Gasteiger partial charge in [-0.3, -0.25) is 25.8 Å². The summed E-state index contributed by atoms with van der Waals surface area (Å²) in [7, 11) is 3.08. The van der Waals surface area contributed by atoms with Gasteiger partial charge in [0.1, 0.15) is 5.75 Å². The number of amides is 2. The van der Waals surface area contributed by atoms with E-state index in [1.165, 1.54) is 13.2 Å². The van der Waals surface area contributed by atoms with E-state index < -0.39 is 11.8 Å². The number of carbonyl (C=O) groups is 2. The van der Waals surface area contributed by atoms with Gasteiger partial charge in [0, 0.05) is 6.08 Å². The van der Waals surface area contributed by atoms with Gasteiger partial charge in [0.2, 0.25) is 5.91 Å². The van der Waals surface area contributed by atoms with Crippen molar-refractivity contribution in [1.29, 1.82) is 0 Å². The van der Waals surface area contributed by atoms with Gasteiger partial charge in [0.15, 0.2) is 23.2 Å². The third kappa shape index (κ3) is 8.35. The maximum Gasteiger partial charge on any atom is 0.276 e. The summed E-state index contributed by atoms with van der Waals surface area (Å²) < 4.78 is 16.7. The van der Waals surface area contributed by atoms with Crippen LogP contribution in [0.5, 0.6) is 17.2 Å². The van der Waals surface area contributed by atoms with Crippen molar-refractivity contribution < 1.29 is 23.8 Å². The first-order chi connectivity index (χ1) is 16.0. The molecule has 182 valence electrons. The largest absolute Gasteiger partial charge is 0.493 e. The first-order valence-electron chi connectivity index (χ1n) is 10.3. The molecule has 0 saturated heterocycles. The number of hydrogen-bond donors (Lipinski definition) is 3. The molecule has 0 spiro atoms. The Balaban J connectivity index is 1.78. The molecule has 0 aliphatic carbocycles. The number of hydrogen-bond acceptors (Lipinski definition) is 6. The summed E-state index contributed by atoms with van der Waals surface area (Å²) in [4.78, 5) is 24.1. The number of carbonyl (C=O) groups excluding carboxylic acids is 2. The molecule has 0 aromatic heterocycles. The van der Waals surface area contributed by atoms with E-state index in [9.17, 15) is 9.59 Å². The molecule has 2 rings (SSSR count). The zero-order valence-corrected chi connectivity index (χ0v) is 22.1. The number of hydrazine groups is 1. The maximum absolute atomic E-state index is 12.1. The van der Waals surface area contributed by atoms with Crippen molar-refractivity contribution in [3.8, 4) is 17.2 Å². The quantitative estimate of drug-likeness (QED) is 0.274. The standard InChI is InChI=1S/C24H28BrN3O5S/c1-24(2,3)16-8-10-18(17(25)13-16)33-14-22(30)27-28-23(34)26-21(29)11-7-15-6-9-19(31-4)20(12-15)32-5/h6-13H,14H2,1-5H3,(H,27,30)(H2,26,28,29,34)/b11-7-. The van der Waals surface area contributed by atoms with Gasteiger partial charge in [-0.25, -0.2) is 0 Å². The highest BCUT2D eigenvalue weighted by Crippen LogP contribution is 2.31. The van der Waals surface area contributed by atoms with Crippen LogP contribution in [0.4, 0.5) is 0 Å². The van der Waals surface area contributed by atoms with E-state index in [2.05, 4.69) is 52.9 Å². The molecule has 0 heterocycles. The Morgan fingerprint density at radius 3 is 2.29 bits per heavy atom. The predicted octanol–water partition coefficient (Wildman–Crippen LogP) is 3.88. The van der Waals surface area contributed by atoms with Crippen LogP contribution in [-0.4, -0.2) is 37.8 Å². The van der Waals surface area contributed by atoms with E-state index in [0.717, 1.165) is 15.6 Å². The van der Waals surface area contributed by atoms with Crippen molar-refractivity contribution in [2.24, 2.45) is 0 Å². The number of nitrogens with one attached hydrogen (secondary N) is 3. The fourth-order valence-corrected chi connectivity index (χ4v) is 3.35. The lowest BCUT2D eigenvalue weighted by molar-refractivity contribution is -0.123. The summed E-state index contributed by atoms with van der Waals surface area (Å²) in [5.74, 6) is 0.733. The molecular formula is C24H28BrN3O5S. The van der Waals surface area contributed by atoms with E-state index in [-0.39, 0.29) is 17.1 Å². The topological polar surface area (TPSA) is 97.9 Å². The normalized spacial score (nSPS) is 11.0. The number of halogens is 1. The minimum absolute atomic E-state index is 0.000824. The molecule has 0 atom stereocenters. The summed E-state index contributed by atoms with van der Waals surface area (Å²) >= 11 is 8.49. The Kier molecular flexibility index (Phi) is 9.88. The number of ether oxygens (including phenoxy) is 3. The summed E-state index contributed by atoms with van der Waals surface area (Å²) in [6, 6.07) is 11.0. The molecule has 0 unspecified atom stereocenters. The predicted molar refractivity (Wildman–Crippen MR) is 139 cm³/mol. The van der Waals surface area contributed by atoms with E-state index in [1.54, 1.807) is 37.5 Å². The van der Waals surface area contributed by atoms with Crippen LogP contribution in [0.3, 0.4) is 0 Å². The lowest BCUT2D eigenvalue weighted by Gasteiger charge is -2.20. The molecule has 10 heteroatoms. The molecule has 2 aromatic rings. The Morgan fingerprint density at radius 2 is 1.68 bits per heavy atom. The molecule has 0 radical (unpaired) electrons. The monoisotopic (exact) mass is 549 g/mol. The number of methoxy groups -OCH3 is 2. The minimum atomic E-state index is -0.472. The molecule has 3 N–H and O–H groups in total. The average Bonchev–Trinajstić information content (AvgIpc) is 2.79. The second kappa shape index (κ2) is 12.4. The fourth-order valence-electron chi connectivity index (χ4n) is 2.70. The van der Waals surface area contributed by atoms with Crippen molar-refractivity contribution in [3.05, 3.63) is 58.1 Å². The molecule has 0 aliphatic heterocycles. The van der Waals surface area contributed by atoms with E-state index in [1.807, 2.05) is 12.1 Å². The minimum Gasteiger partial charge on any atom is -0.493 e. The van der Waals surface area contributed by atoms with Crippen LogP contribution in [0.15, 0.2) is 46.9 Å². The highest BCUT2D eigenvalue weighted by molar-refractivity contribution is 9.10. The van der Waals surface area contributed by atoms with E-state index in [0.29, 0.717) is 17.2 Å². The van der Waals surface area contributed by atoms with Crippen LogP contribution in [0.25, 0.3) is 6.08 Å². The van der Waals surface area contributed by atoms with Gasteiger partial charge >= 0.3 is 0 Å². The van der Waals surface area contributed by atoms with Gasteiger partial charge in [-0.2, -0.15) is 0 Å². The second-order valence-corrected chi connectivity index (χ2v) is 9.39. The molecule has 0 saturated carbocycles. The highest BCUT2D eigenvalue weighted by Gasteiger charge is 2.15. The van der Waals surface area contributed by atoms with Crippen LogP contribution in [-0.2, 0) is 15.0 Å². The van der Waals surface area contributed by atoms with E-state index >= 15 is 0 Å². The Hall–Kier alpha value is -3.11. The zero-order valence-electron chi connectivity index (χ0n) is 19.7. The SMILES string of the molecule is COc1ccc(/C=C\C(=O)NC(=S)NNC(=O)COc2ccc(C(C)(C)C)cc2Br)cc1OC. The van der Waals surface area contributed by atoms with Crippen molar-refractivity contribution in [2.45, 2.75) is 26.2 Å². The van der Waals surface area contributed by atoms with Gasteiger partial charge < -0.3 is 14.2 Å². The number of rotatable bonds is 7. The first-order valence-corrected chi connectivity index (χ1v) is 11.5. The van der Waals surface area contributed by atoms with Crippen LogP contribution in [0.2, 0.25) is 0 Å². The highest BCUT2D eigenvalue weighted by atomic mass is 79.9. The third-order valence-corrected chi connectivity index (χ3v) is 5.37. The molecule has 0 bridgehead atoms. The van der Waals surface area contributed by atoms with Gasteiger partial charge in [0.05, 0.1) is 18.7 Å². The van der Waals surface area contributed by atoms with Crippen LogP contribution in [0, 0.1) is 0 Å². The van der Waals surface area contributed by atoms with Crippen LogP contribution in [0.1, 0.15) is 31.9 Å². The van der Waals surface area contributed by atoms with Crippen molar-refractivity contribution in [2.75, 3.05) is 20.8 Å². The Morgan fingerprint density at radius 1 is 1.00 bits per heavy atom. The fraction of sp³-hybridized carbons (Fsp3) is 0.292. The summed E-state index contributed by atoms with van der Waals surface area (Å²) in [5.41, 5.74) is 6.71. The molecule has 2 amide bonds. The van der Waals surface area contributed by atoms with E-state index in [4.69, 9.17) is 26.4 Å². The van der Waals surface area contributed by atoms with Crippen molar-refractivity contribution in [1.82, 2.24) is 16.2 Å². The van der Waals surface area contributed by atoms with Gasteiger partial charge in [0.25, 0.3) is 5.91 Å². The molecular weight excluding hydrogens is 522 g/mol. The first kappa shape index (κ1) is 27.1. The zero-order chi connectivity index (χ0) is 25.3. The van der Waals surface area contributed by atoms with Gasteiger partial charge in [-0.1, -0.05) is 32.9 Å².